The second kappa shape index (κ2) is 11.8. The van der Waals surface area contributed by atoms with E-state index in [1.807, 2.05) is 0 Å². The molecule has 13 nitrogen and oxygen atoms in total. The molecule has 4 rings (SSSR count). The Hall–Kier alpha value is -4.95. The largest absolute Gasteiger partial charge is 0.495 e. The van der Waals surface area contributed by atoms with Gasteiger partial charge in [-0.3, -0.25) is 39.5 Å². The van der Waals surface area contributed by atoms with Crippen LogP contribution in [0.2, 0.25) is 5.02 Å². The molecular formula is C25H17ClN4O9S. The van der Waals surface area contributed by atoms with Crippen LogP contribution in [-0.2, 0) is 9.59 Å². The average molecular weight is 585 g/mol. The van der Waals surface area contributed by atoms with Crippen LogP contribution in [0.25, 0.3) is 6.08 Å². The van der Waals surface area contributed by atoms with Gasteiger partial charge in [-0.1, -0.05) is 23.7 Å². The monoisotopic (exact) mass is 584 g/mol. The maximum absolute atomic E-state index is 12.8. The molecule has 204 valence electrons. The molecule has 0 bridgehead atoms. The Morgan fingerprint density at radius 2 is 1.73 bits per heavy atom. The lowest BCUT2D eigenvalue weighted by atomic mass is 10.2. The van der Waals surface area contributed by atoms with Gasteiger partial charge < -0.3 is 14.8 Å². The number of carbonyl (C=O) groups is 3. The number of nitrogens with zero attached hydrogens (tertiary/aromatic N) is 3. The summed E-state index contributed by atoms with van der Waals surface area (Å²) in [6.07, 6.45) is 1.45. The number of hydrogen-bond donors (Lipinski definition) is 1. The molecule has 3 aromatic carbocycles. The number of thioether (sulfide) groups is 1. The zero-order valence-corrected chi connectivity index (χ0v) is 21.9. The van der Waals surface area contributed by atoms with Crippen LogP contribution in [0.5, 0.6) is 17.2 Å². The number of ether oxygens (including phenoxy) is 2. The van der Waals surface area contributed by atoms with E-state index in [1.165, 1.54) is 31.4 Å². The van der Waals surface area contributed by atoms with Crippen LogP contribution >= 0.6 is 23.4 Å². The van der Waals surface area contributed by atoms with E-state index in [-0.39, 0.29) is 21.4 Å². The van der Waals surface area contributed by atoms with Crippen LogP contribution in [0.3, 0.4) is 0 Å². The maximum Gasteiger partial charge on any atom is 0.318 e. The zero-order valence-electron chi connectivity index (χ0n) is 20.4. The third-order valence-electron chi connectivity index (χ3n) is 5.37. The van der Waals surface area contributed by atoms with Gasteiger partial charge in [0.05, 0.1) is 33.0 Å². The number of amides is 3. The van der Waals surface area contributed by atoms with E-state index >= 15 is 0 Å². The maximum atomic E-state index is 12.8. The number of nitrogens with one attached hydrogen (secondary N) is 1. The van der Waals surface area contributed by atoms with Crippen LogP contribution < -0.4 is 14.8 Å². The number of methoxy groups -OCH3 is 1. The van der Waals surface area contributed by atoms with Gasteiger partial charge in [0.1, 0.15) is 18.0 Å². The number of rotatable bonds is 9. The Labute approximate surface area is 234 Å². The fraction of sp³-hybridized carbons (Fsp3) is 0.0800. The van der Waals surface area contributed by atoms with E-state index in [0.717, 1.165) is 23.1 Å². The second-order valence-corrected chi connectivity index (χ2v) is 9.40. The molecule has 3 amide bonds. The molecule has 1 fully saturated rings. The summed E-state index contributed by atoms with van der Waals surface area (Å²) < 4.78 is 10.6. The quantitative estimate of drug-likeness (QED) is 0.189. The van der Waals surface area contributed by atoms with Crippen molar-refractivity contribution in [2.24, 2.45) is 0 Å². The van der Waals surface area contributed by atoms with E-state index in [0.29, 0.717) is 28.8 Å². The predicted octanol–water partition coefficient (Wildman–Crippen LogP) is 5.63. The molecule has 1 saturated heterocycles. The second-order valence-electron chi connectivity index (χ2n) is 8.00. The third kappa shape index (κ3) is 6.36. The molecular weight excluding hydrogens is 568 g/mol. The van der Waals surface area contributed by atoms with Crippen molar-refractivity contribution >= 4 is 63.6 Å². The number of nitro groups is 2. The van der Waals surface area contributed by atoms with Gasteiger partial charge in [0.15, 0.2) is 0 Å². The topological polar surface area (TPSA) is 171 Å². The molecule has 0 aliphatic carbocycles. The number of carbonyl (C=O) groups excluding carboxylic acids is 3. The molecule has 40 heavy (non-hydrogen) atoms. The Morgan fingerprint density at radius 3 is 2.35 bits per heavy atom. The lowest BCUT2D eigenvalue weighted by Gasteiger charge is -2.13. The summed E-state index contributed by atoms with van der Waals surface area (Å²) in [6.45, 7) is -0.507. The van der Waals surface area contributed by atoms with Crippen molar-refractivity contribution < 1.29 is 33.7 Å². The first kappa shape index (κ1) is 28.1. The highest BCUT2D eigenvalue weighted by molar-refractivity contribution is 8.18. The molecule has 3 aromatic rings. The summed E-state index contributed by atoms with van der Waals surface area (Å²) in [7, 11) is 1.45. The number of halogens is 1. The van der Waals surface area contributed by atoms with E-state index in [9.17, 15) is 34.6 Å². The molecule has 15 heteroatoms. The summed E-state index contributed by atoms with van der Waals surface area (Å²) in [5.74, 6) is -0.841. The Kier molecular flexibility index (Phi) is 8.31. The molecule has 1 aliphatic heterocycles. The SMILES string of the molecule is COc1ccc(NC(=O)CN2C(=O)S/C(=C/c3ccc(Oc4ccc([N+](=O)[O-])cc4[N+](=O)[O-])cc3)C2=O)cc1Cl. The summed E-state index contributed by atoms with van der Waals surface area (Å²) in [6, 6.07) is 13.6. The van der Waals surface area contributed by atoms with Crippen molar-refractivity contribution in [3.63, 3.8) is 0 Å². The summed E-state index contributed by atoms with van der Waals surface area (Å²) in [4.78, 5) is 59.2. The van der Waals surface area contributed by atoms with Crippen molar-refractivity contribution in [3.05, 3.63) is 96.4 Å². The van der Waals surface area contributed by atoms with E-state index in [1.54, 1.807) is 24.3 Å². The summed E-state index contributed by atoms with van der Waals surface area (Å²) in [5.41, 5.74) is -0.162. The van der Waals surface area contributed by atoms with Crippen LogP contribution in [0, 0.1) is 20.2 Å². The molecule has 0 spiro atoms. The van der Waals surface area contributed by atoms with Gasteiger partial charge >= 0.3 is 5.69 Å². The first-order valence-electron chi connectivity index (χ1n) is 11.1. The number of non-ortho nitro benzene ring substituents is 1. The highest BCUT2D eigenvalue weighted by atomic mass is 35.5. The van der Waals surface area contributed by atoms with Crippen LogP contribution in [0.15, 0.2) is 65.6 Å². The molecule has 0 unspecified atom stereocenters. The van der Waals surface area contributed by atoms with Crippen molar-refractivity contribution in [3.8, 4) is 17.2 Å². The first-order valence-corrected chi connectivity index (χ1v) is 12.3. The number of anilines is 1. The van der Waals surface area contributed by atoms with Crippen LogP contribution in [0.1, 0.15) is 5.56 Å². The van der Waals surface area contributed by atoms with Gasteiger partial charge in [0, 0.05) is 11.8 Å². The summed E-state index contributed by atoms with van der Waals surface area (Å²) >= 11 is 6.72. The number of nitro benzene ring substituents is 2. The van der Waals surface area contributed by atoms with Gasteiger partial charge in [0.25, 0.3) is 16.8 Å². The standard InChI is InChI=1S/C25H17ClN4O9S/c1-38-20-8-4-15(11-18(20)26)27-23(31)13-28-24(32)22(40-25(28)33)10-14-2-6-17(7-3-14)39-21-9-5-16(29(34)35)12-19(21)30(36)37/h2-12H,13H2,1H3,(H,27,31)/b22-10+. The molecule has 1 heterocycles. The van der Waals surface area contributed by atoms with Crippen LogP contribution in [-0.4, -0.2) is 45.5 Å². The summed E-state index contributed by atoms with van der Waals surface area (Å²) in [5, 5.41) is 24.4. The molecule has 0 atom stereocenters. The molecule has 1 aliphatic rings. The van der Waals surface area contributed by atoms with Gasteiger partial charge in [-0.05, 0) is 59.8 Å². The minimum Gasteiger partial charge on any atom is -0.495 e. The van der Waals surface area contributed by atoms with Gasteiger partial charge in [-0.15, -0.1) is 0 Å². The highest BCUT2D eigenvalue weighted by Crippen LogP contribution is 2.36. The number of benzene rings is 3. The molecule has 0 saturated carbocycles. The van der Waals surface area contributed by atoms with Crippen molar-refractivity contribution in [1.29, 1.82) is 0 Å². The third-order valence-corrected chi connectivity index (χ3v) is 6.57. The smallest absolute Gasteiger partial charge is 0.318 e. The molecule has 1 N–H and O–H groups in total. The Bertz CT molecular complexity index is 1580. The molecule has 0 radical (unpaired) electrons. The van der Waals surface area contributed by atoms with Crippen molar-refractivity contribution in [1.82, 2.24) is 4.90 Å². The van der Waals surface area contributed by atoms with Crippen molar-refractivity contribution in [2.75, 3.05) is 19.0 Å². The van der Waals surface area contributed by atoms with E-state index in [4.69, 9.17) is 21.1 Å². The fourth-order valence-corrected chi connectivity index (χ4v) is 4.58. The Balaban J connectivity index is 1.42. The number of imide groups is 1. The van der Waals surface area contributed by atoms with Gasteiger partial charge in [0.2, 0.25) is 11.7 Å². The lowest BCUT2D eigenvalue weighted by molar-refractivity contribution is -0.394. The van der Waals surface area contributed by atoms with Crippen molar-refractivity contribution in [2.45, 2.75) is 0 Å². The van der Waals surface area contributed by atoms with E-state index in [2.05, 4.69) is 5.32 Å². The molecule has 0 aromatic heterocycles. The van der Waals surface area contributed by atoms with Gasteiger partial charge in [-0.2, -0.15) is 0 Å². The predicted molar refractivity (Wildman–Crippen MR) is 146 cm³/mol. The highest BCUT2D eigenvalue weighted by Gasteiger charge is 2.36. The minimum atomic E-state index is -0.792. The van der Waals surface area contributed by atoms with Gasteiger partial charge in [-0.25, -0.2) is 0 Å². The normalized spacial score (nSPS) is 13.8. The minimum absolute atomic E-state index is 0.0879. The zero-order chi connectivity index (χ0) is 29.0. The lowest BCUT2D eigenvalue weighted by Crippen LogP contribution is -2.36. The van der Waals surface area contributed by atoms with E-state index < -0.39 is 44.8 Å². The Morgan fingerprint density at radius 1 is 1.02 bits per heavy atom. The fourth-order valence-electron chi connectivity index (χ4n) is 3.48. The first-order chi connectivity index (χ1) is 19.0. The average Bonchev–Trinajstić information content (AvgIpc) is 3.17. The number of hydrogen-bond acceptors (Lipinski definition) is 10. The van der Waals surface area contributed by atoms with Crippen LogP contribution in [0.4, 0.5) is 21.9 Å².